The van der Waals surface area contributed by atoms with Gasteiger partial charge in [0.05, 0.1) is 19.8 Å². The number of hydrogen-bond donors (Lipinski definition) is 3. The van der Waals surface area contributed by atoms with Crippen molar-refractivity contribution in [3.63, 3.8) is 0 Å². The van der Waals surface area contributed by atoms with Crippen molar-refractivity contribution in [3.05, 3.63) is 28.8 Å². The Morgan fingerprint density at radius 3 is 2.33 bits per heavy atom. The predicted molar refractivity (Wildman–Crippen MR) is 93.3 cm³/mol. The second kappa shape index (κ2) is 8.80. The number of quaternary nitrogens is 1. The number of carbonyl (C=O) groups excluding carboxylic acids is 2. The standard InChI is InChI=1S/C18H27N3O3/c1-13-11-14(2)16(15(3)12-13)20-18(23)17(22)19-5-4-6-21-7-9-24-10-8-21/h11-12H,4-10H2,1-3H3,(H,19,22)(H,20,23)/p+1. The first-order valence-electron chi connectivity index (χ1n) is 8.55. The fraction of sp³-hybridized carbons (Fsp3) is 0.556. The number of morpholine rings is 1. The first kappa shape index (κ1) is 18.4. The second-order valence-electron chi connectivity index (χ2n) is 6.45. The van der Waals surface area contributed by atoms with Gasteiger partial charge in [-0.15, -0.1) is 0 Å². The molecule has 24 heavy (non-hydrogen) atoms. The van der Waals surface area contributed by atoms with Crippen LogP contribution >= 0.6 is 0 Å². The van der Waals surface area contributed by atoms with Gasteiger partial charge in [-0.05, 0) is 31.9 Å². The fourth-order valence-electron chi connectivity index (χ4n) is 3.08. The van der Waals surface area contributed by atoms with Crippen LogP contribution in [0, 0.1) is 20.8 Å². The van der Waals surface area contributed by atoms with Crippen LogP contribution in [0.4, 0.5) is 5.69 Å². The van der Waals surface area contributed by atoms with Crippen LogP contribution in [-0.2, 0) is 14.3 Å². The van der Waals surface area contributed by atoms with Crippen LogP contribution in [0.5, 0.6) is 0 Å². The van der Waals surface area contributed by atoms with E-state index in [-0.39, 0.29) is 0 Å². The number of ether oxygens (including phenoxy) is 1. The summed E-state index contributed by atoms with van der Waals surface area (Å²) in [6.07, 6.45) is 0.858. The highest BCUT2D eigenvalue weighted by Gasteiger charge is 2.17. The van der Waals surface area contributed by atoms with Crippen molar-refractivity contribution in [3.8, 4) is 0 Å². The number of amides is 2. The van der Waals surface area contributed by atoms with Crippen molar-refractivity contribution in [1.82, 2.24) is 5.32 Å². The number of carbonyl (C=O) groups is 2. The van der Waals surface area contributed by atoms with Crippen molar-refractivity contribution in [2.45, 2.75) is 27.2 Å². The molecule has 1 aromatic carbocycles. The van der Waals surface area contributed by atoms with Crippen molar-refractivity contribution in [2.75, 3.05) is 44.7 Å². The fourth-order valence-corrected chi connectivity index (χ4v) is 3.08. The molecule has 0 unspecified atom stereocenters. The van der Waals surface area contributed by atoms with Crippen molar-refractivity contribution in [2.24, 2.45) is 0 Å². The third kappa shape index (κ3) is 5.32. The summed E-state index contributed by atoms with van der Waals surface area (Å²) in [6, 6.07) is 3.98. The molecule has 2 rings (SSSR count). The molecule has 1 fully saturated rings. The summed E-state index contributed by atoms with van der Waals surface area (Å²) in [6.45, 7) is 11.0. The van der Waals surface area contributed by atoms with E-state index in [0.717, 1.165) is 61.6 Å². The lowest BCUT2D eigenvalue weighted by molar-refractivity contribution is -0.908. The number of benzene rings is 1. The summed E-state index contributed by atoms with van der Waals surface area (Å²) < 4.78 is 5.32. The third-order valence-electron chi connectivity index (χ3n) is 4.31. The molecule has 1 saturated heterocycles. The van der Waals surface area contributed by atoms with E-state index in [4.69, 9.17) is 4.74 Å². The van der Waals surface area contributed by atoms with Gasteiger partial charge >= 0.3 is 11.8 Å². The molecule has 0 atom stereocenters. The van der Waals surface area contributed by atoms with Crippen LogP contribution in [0.3, 0.4) is 0 Å². The Kier molecular flexibility index (Phi) is 6.75. The minimum absolute atomic E-state index is 0.516. The molecule has 1 aliphatic heterocycles. The molecule has 6 heteroatoms. The maximum Gasteiger partial charge on any atom is 0.313 e. The summed E-state index contributed by atoms with van der Waals surface area (Å²) in [7, 11) is 0. The Morgan fingerprint density at radius 1 is 1.08 bits per heavy atom. The Bertz CT molecular complexity index is 572. The van der Waals surface area contributed by atoms with Gasteiger partial charge in [0.25, 0.3) is 0 Å². The van der Waals surface area contributed by atoms with Gasteiger partial charge in [0.1, 0.15) is 13.1 Å². The van der Waals surface area contributed by atoms with Crippen LogP contribution < -0.4 is 15.5 Å². The summed E-state index contributed by atoms with van der Waals surface area (Å²) in [4.78, 5) is 25.5. The Balaban J connectivity index is 1.75. The maximum absolute atomic E-state index is 12.1. The highest BCUT2D eigenvalue weighted by atomic mass is 16.5. The zero-order chi connectivity index (χ0) is 17.5. The Labute approximate surface area is 143 Å². The van der Waals surface area contributed by atoms with E-state index in [1.165, 1.54) is 4.90 Å². The third-order valence-corrected chi connectivity index (χ3v) is 4.31. The average molecular weight is 334 g/mol. The molecule has 0 spiro atoms. The predicted octanol–water partition coefficient (Wildman–Crippen LogP) is -0.0282. The number of rotatable bonds is 5. The molecule has 0 saturated carbocycles. The second-order valence-corrected chi connectivity index (χ2v) is 6.45. The minimum atomic E-state index is -0.608. The zero-order valence-corrected chi connectivity index (χ0v) is 14.8. The molecule has 132 valence electrons. The Hall–Kier alpha value is -1.92. The monoisotopic (exact) mass is 334 g/mol. The van der Waals surface area contributed by atoms with Crippen molar-refractivity contribution in [1.29, 1.82) is 0 Å². The van der Waals surface area contributed by atoms with Gasteiger partial charge in [-0.2, -0.15) is 0 Å². The van der Waals surface area contributed by atoms with Gasteiger partial charge in [0, 0.05) is 18.7 Å². The molecule has 0 radical (unpaired) electrons. The highest BCUT2D eigenvalue weighted by Crippen LogP contribution is 2.21. The molecular weight excluding hydrogens is 306 g/mol. The van der Waals surface area contributed by atoms with Crippen molar-refractivity contribution >= 4 is 17.5 Å². The molecule has 0 aliphatic carbocycles. The van der Waals surface area contributed by atoms with Crippen LogP contribution in [0.2, 0.25) is 0 Å². The maximum atomic E-state index is 12.1. The number of hydrogen-bond acceptors (Lipinski definition) is 3. The number of nitrogens with one attached hydrogen (secondary N) is 3. The van der Waals surface area contributed by atoms with E-state index < -0.39 is 11.8 Å². The molecule has 2 amide bonds. The van der Waals surface area contributed by atoms with Crippen LogP contribution in [0.1, 0.15) is 23.1 Å². The van der Waals surface area contributed by atoms with Gasteiger partial charge in [-0.1, -0.05) is 17.7 Å². The van der Waals surface area contributed by atoms with Gasteiger partial charge < -0.3 is 20.3 Å². The zero-order valence-electron chi connectivity index (χ0n) is 14.8. The number of anilines is 1. The molecule has 0 bridgehead atoms. The topological polar surface area (TPSA) is 71.9 Å². The largest absolute Gasteiger partial charge is 0.370 e. The molecule has 6 nitrogen and oxygen atoms in total. The van der Waals surface area contributed by atoms with Crippen LogP contribution in [-0.4, -0.2) is 51.2 Å². The quantitative estimate of drug-likeness (QED) is 0.523. The molecule has 3 N–H and O–H groups in total. The van der Waals surface area contributed by atoms with E-state index in [1.54, 1.807) is 0 Å². The van der Waals surface area contributed by atoms with E-state index in [2.05, 4.69) is 10.6 Å². The summed E-state index contributed by atoms with van der Waals surface area (Å²) in [5.74, 6) is -1.19. The molecule has 1 aromatic rings. The first-order valence-corrected chi connectivity index (χ1v) is 8.55. The molecule has 0 aromatic heterocycles. The molecular formula is C18H28N3O3+. The van der Waals surface area contributed by atoms with Crippen LogP contribution in [0.25, 0.3) is 0 Å². The smallest absolute Gasteiger partial charge is 0.313 e. The lowest BCUT2D eigenvalue weighted by Gasteiger charge is -2.23. The van der Waals surface area contributed by atoms with E-state index in [1.807, 2.05) is 32.9 Å². The lowest BCUT2D eigenvalue weighted by atomic mass is 10.1. The summed E-state index contributed by atoms with van der Waals surface area (Å²) in [5.41, 5.74) is 3.78. The summed E-state index contributed by atoms with van der Waals surface area (Å²) in [5, 5.41) is 5.42. The summed E-state index contributed by atoms with van der Waals surface area (Å²) >= 11 is 0. The van der Waals surface area contributed by atoms with Gasteiger partial charge in [-0.25, -0.2) is 0 Å². The van der Waals surface area contributed by atoms with E-state index >= 15 is 0 Å². The minimum Gasteiger partial charge on any atom is -0.370 e. The van der Waals surface area contributed by atoms with Crippen molar-refractivity contribution < 1.29 is 19.2 Å². The van der Waals surface area contributed by atoms with Gasteiger partial charge in [0.2, 0.25) is 0 Å². The van der Waals surface area contributed by atoms with E-state index in [0.29, 0.717) is 6.54 Å². The lowest BCUT2D eigenvalue weighted by Crippen LogP contribution is -3.14. The van der Waals surface area contributed by atoms with Crippen LogP contribution in [0.15, 0.2) is 12.1 Å². The van der Waals surface area contributed by atoms with Gasteiger partial charge in [0.15, 0.2) is 0 Å². The SMILES string of the molecule is Cc1cc(C)c(NC(=O)C(=O)NCCC[NH+]2CCOCC2)c(C)c1. The highest BCUT2D eigenvalue weighted by molar-refractivity contribution is 6.39. The molecule has 1 aliphatic rings. The Morgan fingerprint density at radius 2 is 1.71 bits per heavy atom. The average Bonchev–Trinajstić information content (AvgIpc) is 2.55. The van der Waals surface area contributed by atoms with E-state index in [9.17, 15) is 9.59 Å². The first-order chi connectivity index (χ1) is 11.5. The van der Waals surface area contributed by atoms with Gasteiger partial charge in [-0.3, -0.25) is 9.59 Å². The molecule has 1 heterocycles. The normalized spacial score (nSPS) is 15.1. The number of aryl methyl sites for hydroxylation is 3.